The van der Waals surface area contributed by atoms with Crippen molar-refractivity contribution >= 4 is 35.1 Å². The van der Waals surface area contributed by atoms with Gasteiger partial charge in [-0.1, -0.05) is 23.4 Å². The molecule has 7 heteroatoms. The normalized spacial score (nSPS) is 11.1. The van der Waals surface area contributed by atoms with Crippen LogP contribution in [0.4, 0.5) is 0 Å². The van der Waals surface area contributed by atoms with E-state index >= 15 is 0 Å². The number of hydrogen-bond acceptors (Lipinski definition) is 5. The summed E-state index contributed by atoms with van der Waals surface area (Å²) in [4.78, 5) is 1.22. The quantitative estimate of drug-likeness (QED) is 0.458. The Morgan fingerprint density at radius 2 is 1.83 bits per heavy atom. The predicted molar refractivity (Wildman–Crippen MR) is 96.3 cm³/mol. The number of halogens is 1. The topological polar surface area (TPSA) is 43.9 Å². The fourth-order valence-electron chi connectivity index (χ4n) is 2.12. The summed E-state index contributed by atoms with van der Waals surface area (Å²) in [6, 6.07) is 9.84. The van der Waals surface area contributed by atoms with E-state index in [1.807, 2.05) is 60.6 Å². The predicted octanol–water partition coefficient (Wildman–Crippen LogP) is 4.92. The molecule has 4 nitrogen and oxygen atoms in total. The molecule has 2 heterocycles. The highest BCUT2D eigenvalue weighted by Gasteiger charge is 2.14. The Kier molecular flexibility index (Phi) is 5.35. The summed E-state index contributed by atoms with van der Waals surface area (Å²) in [5, 5.41) is 10.2. The van der Waals surface area contributed by atoms with Gasteiger partial charge in [0.1, 0.15) is 5.76 Å². The third-order valence-electron chi connectivity index (χ3n) is 3.33. The fourth-order valence-corrected chi connectivity index (χ4v) is 4.03. The highest BCUT2D eigenvalue weighted by atomic mass is 35.5. The maximum absolute atomic E-state index is 5.89. The second-order valence-corrected chi connectivity index (χ2v) is 7.57. The van der Waals surface area contributed by atoms with Crippen LogP contribution in [0.2, 0.25) is 5.02 Å². The van der Waals surface area contributed by atoms with Crippen molar-refractivity contribution in [2.75, 3.05) is 11.5 Å². The van der Waals surface area contributed by atoms with E-state index in [1.54, 1.807) is 18.0 Å². The van der Waals surface area contributed by atoms with Crippen molar-refractivity contribution in [3.05, 3.63) is 47.4 Å². The summed E-state index contributed by atoms with van der Waals surface area (Å²) >= 11 is 9.40. The molecule has 0 spiro atoms. The summed E-state index contributed by atoms with van der Waals surface area (Å²) in [5.41, 5.74) is 0.988. The van der Waals surface area contributed by atoms with Gasteiger partial charge in [-0.2, -0.15) is 0 Å². The molecule has 3 aromatic rings. The summed E-state index contributed by atoms with van der Waals surface area (Å²) in [7, 11) is 1.98. The number of thioether (sulfide) groups is 2. The second kappa shape index (κ2) is 7.47. The van der Waals surface area contributed by atoms with E-state index in [4.69, 9.17) is 16.0 Å². The van der Waals surface area contributed by atoms with Gasteiger partial charge in [0.15, 0.2) is 11.0 Å². The molecule has 23 heavy (non-hydrogen) atoms. The molecule has 2 aromatic heterocycles. The van der Waals surface area contributed by atoms with Crippen molar-refractivity contribution in [3.63, 3.8) is 0 Å². The van der Waals surface area contributed by atoms with Gasteiger partial charge >= 0.3 is 0 Å². The molecule has 0 saturated heterocycles. The zero-order chi connectivity index (χ0) is 16.2. The third kappa shape index (κ3) is 3.94. The van der Waals surface area contributed by atoms with Crippen LogP contribution in [0.25, 0.3) is 11.4 Å². The number of furan rings is 1. The Balaban J connectivity index is 1.56. The summed E-state index contributed by atoms with van der Waals surface area (Å²) in [5.74, 6) is 3.66. The van der Waals surface area contributed by atoms with E-state index in [0.717, 1.165) is 38.8 Å². The minimum absolute atomic E-state index is 0.768. The van der Waals surface area contributed by atoms with Crippen LogP contribution in [0.1, 0.15) is 5.76 Å². The lowest BCUT2D eigenvalue weighted by Gasteiger charge is -2.04. The van der Waals surface area contributed by atoms with Crippen LogP contribution in [0.15, 0.2) is 51.1 Å². The van der Waals surface area contributed by atoms with Gasteiger partial charge in [0, 0.05) is 28.5 Å². The van der Waals surface area contributed by atoms with Gasteiger partial charge in [0.25, 0.3) is 0 Å². The van der Waals surface area contributed by atoms with Crippen LogP contribution in [-0.4, -0.2) is 26.3 Å². The lowest BCUT2D eigenvalue weighted by atomic mass is 10.2. The molecular formula is C16H16ClN3OS2. The molecule has 3 rings (SSSR count). The van der Waals surface area contributed by atoms with E-state index in [2.05, 4.69) is 10.2 Å². The Hall–Kier alpha value is -1.37. The zero-order valence-corrected chi connectivity index (χ0v) is 15.2. The van der Waals surface area contributed by atoms with Gasteiger partial charge in [0.05, 0.1) is 11.8 Å². The van der Waals surface area contributed by atoms with Gasteiger partial charge in [-0.05, 0) is 37.3 Å². The summed E-state index contributed by atoms with van der Waals surface area (Å²) in [6.45, 7) is 1.93. The number of aryl methyl sites for hydroxylation is 1. The first-order valence-corrected chi connectivity index (χ1v) is 9.45. The van der Waals surface area contributed by atoms with E-state index in [-0.39, 0.29) is 0 Å². The van der Waals surface area contributed by atoms with Gasteiger partial charge in [-0.25, -0.2) is 0 Å². The molecule has 0 aliphatic rings. The van der Waals surface area contributed by atoms with Crippen LogP contribution in [0.3, 0.4) is 0 Å². The average molecular weight is 366 g/mol. The minimum atomic E-state index is 0.768. The fraction of sp³-hybridized carbons (Fsp3) is 0.250. The van der Waals surface area contributed by atoms with Crippen LogP contribution < -0.4 is 0 Å². The van der Waals surface area contributed by atoms with Crippen molar-refractivity contribution in [2.45, 2.75) is 17.0 Å². The largest absolute Gasteiger partial charge is 0.469 e. The zero-order valence-electron chi connectivity index (χ0n) is 12.8. The van der Waals surface area contributed by atoms with Gasteiger partial charge in [-0.15, -0.1) is 22.0 Å². The van der Waals surface area contributed by atoms with Crippen molar-refractivity contribution in [3.8, 4) is 11.4 Å². The monoisotopic (exact) mass is 365 g/mol. The molecule has 0 fully saturated rings. The van der Waals surface area contributed by atoms with Gasteiger partial charge in [-0.3, -0.25) is 0 Å². The molecule has 0 aliphatic heterocycles. The third-order valence-corrected chi connectivity index (χ3v) is 5.88. The molecule has 0 radical (unpaired) electrons. The number of aromatic nitrogens is 3. The first kappa shape index (κ1) is 16.5. The summed E-state index contributed by atoms with van der Waals surface area (Å²) in [6.07, 6.45) is 1.68. The molecule has 0 amide bonds. The lowest BCUT2D eigenvalue weighted by molar-refractivity contribution is 0.534. The second-order valence-electron chi connectivity index (χ2n) is 4.91. The Bertz CT molecular complexity index is 783. The number of rotatable bonds is 6. The Labute approximate surface area is 148 Å². The van der Waals surface area contributed by atoms with Crippen LogP contribution >= 0.6 is 35.1 Å². The lowest BCUT2D eigenvalue weighted by Crippen LogP contribution is -1.96. The van der Waals surface area contributed by atoms with E-state index in [9.17, 15) is 0 Å². The van der Waals surface area contributed by atoms with E-state index in [0.29, 0.717) is 0 Å². The van der Waals surface area contributed by atoms with Crippen LogP contribution in [-0.2, 0) is 7.05 Å². The van der Waals surface area contributed by atoms with Crippen molar-refractivity contribution in [2.24, 2.45) is 7.05 Å². The molecule has 0 aliphatic carbocycles. The first-order valence-electron chi connectivity index (χ1n) is 7.10. The molecule has 0 bridgehead atoms. The first-order chi connectivity index (χ1) is 11.1. The molecule has 120 valence electrons. The molecule has 0 saturated carbocycles. The molecular weight excluding hydrogens is 350 g/mol. The standard InChI is InChI=1S/C16H16ClN3OS2/c1-11-14(7-8-21-11)15-18-19-16(20(15)2)23-10-9-22-13-5-3-12(17)4-6-13/h3-8H,9-10H2,1-2H3. The average Bonchev–Trinajstić information content (AvgIpc) is 3.12. The van der Waals surface area contributed by atoms with Crippen LogP contribution in [0.5, 0.6) is 0 Å². The molecule has 0 N–H and O–H groups in total. The van der Waals surface area contributed by atoms with Crippen molar-refractivity contribution < 1.29 is 4.42 Å². The number of benzene rings is 1. The van der Waals surface area contributed by atoms with Crippen LogP contribution in [0, 0.1) is 6.92 Å². The Morgan fingerprint density at radius 3 is 2.52 bits per heavy atom. The number of hydrogen-bond donors (Lipinski definition) is 0. The van der Waals surface area contributed by atoms with E-state index < -0.39 is 0 Å². The maximum Gasteiger partial charge on any atom is 0.191 e. The maximum atomic E-state index is 5.89. The molecule has 0 atom stereocenters. The molecule has 1 aromatic carbocycles. The Morgan fingerprint density at radius 1 is 1.09 bits per heavy atom. The smallest absolute Gasteiger partial charge is 0.191 e. The summed E-state index contributed by atoms with van der Waals surface area (Å²) < 4.78 is 7.35. The van der Waals surface area contributed by atoms with Gasteiger partial charge in [0.2, 0.25) is 0 Å². The van der Waals surface area contributed by atoms with Crippen molar-refractivity contribution in [1.29, 1.82) is 0 Å². The SMILES string of the molecule is Cc1occc1-c1nnc(SCCSc2ccc(Cl)cc2)n1C. The molecule has 0 unspecified atom stereocenters. The van der Waals surface area contributed by atoms with Crippen molar-refractivity contribution in [1.82, 2.24) is 14.8 Å². The van der Waals surface area contributed by atoms with E-state index in [1.165, 1.54) is 4.90 Å². The minimum Gasteiger partial charge on any atom is -0.469 e. The highest BCUT2D eigenvalue weighted by Crippen LogP contribution is 2.27. The van der Waals surface area contributed by atoms with Gasteiger partial charge < -0.3 is 8.98 Å². The number of nitrogens with zero attached hydrogens (tertiary/aromatic N) is 3. The highest BCUT2D eigenvalue weighted by molar-refractivity contribution is 8.02.